The lowest BCUT2D eigenvalue weighted by molar-refractivity contribution is 0.151. The van der Waals surface area contributed by atoms with Crippen molar-refractivity contribution in [3.63, 3.8) is 0 Å². The van der Waals surface area contributed by atoms with Crippen molar-refractivity contribution in [2.75, 3.05) is 0 Å². The molecule has 6 rings (SSSR count). The molecule has 4 aliphatic rings. The number of hydrogen-bond donors (Lipinski definition) is 0. The van der Waals surface area contributed by atoms with Gasteiger partial charge in [0.2, 0.25) is 0 Å². The lowest BCUT2D eigenvalue weighted by Gasteiger charge is -2.37. The molecule has 2 aromatic carbocycles. The Labute approximate surface area is 350 Å². The lowest BCUT2D eigenvalue weighted by Crippen LogP contribution is -2.25. The molecule has 0 spiro atoms. The van der Waals surface area contributed by atoms with E-state index in [9.17, 15) is 8.78 Å². The van der Waals surface area contributed by atoms with Crippen LogP contribution in [-0.2, 0) is 0 Å². The van der Waals surface area contributed by atoms with E-state index < -0.39 is 11.6 Å². The maximum absolute atomic E-state index is 13.4. The Morgan fingerprint density at radius 2 is 0.911 bits per heavy atom. The number of benzene rings is 2. The van der Waals surface area contributed by atoms with Crippen LogP contribution in [0.5, 0.6) is 0 Å². The molecule has 4 fully saturated rings. The van der Waals surface area contributed by atoms with E-state index in [4.69, 9.17) is 23.2 Å². The van der Waals surface area contributed by atoms with Gasteiger partial charge in [-0.2, -0.15) is 0 Å². The number of halogens is 4. The van der Waals surface area contributed by atoms with Crippen LogP contribution in [0.25, 0.3) is 0 Å². The maximum Gasteiger partial charge on any atom is 0.143 e. The number of unbranched alkanes of at least 4 members (excludes halogenated alkanes) is 2. The molecule has 0 bridgehead atoms. The second-order valence-electron chi connectivity index (χ2n) is 17.7. The summed E-state index contributed by atoms with van der Waals surface area (Å²) in [4.78, 5) is 0. The smallest absolute Gasteiger partial charge is 0.143 e. The first-order valence-corrected chi connectivity index (χ1v) is 23.3. The predicted octanol–water partition coefficient (Wildman–Crippen LogP) is 16.4. The molecule has 0 radical (unpaired) electrons. The van der Waals surface area contributed by atoms with Crippen molar-refractivity contribution in [3.05, 3.63) is 93.5 Å². The Balaban J connectivity index is 0.000000215. The van der Waals surface area contributed by atoms with E-state index in [0.717, 1.165) is 35.5 Å². The SMILES string of the molecule is CCCC1CCC(C2CCC(C=CC#Cc3ccc(Cl)c(F)c3)CC2)CC1.CCCCCC1CCC(C2CCC(C=CC#Cc3ccc(Cl)c(F)c3)CC2)CC1. The Bertz CT molecular complexity index is 1640. The summed E-state index contributed by atoms with van der Waals surface area (Å²) in [6, 6.07) is 9.42. The van der Waals surface area contributed by atoms with Crippen molar-refractivity contribution in [1.29, 1.82) is 0 Å². The molecular formula is C52H68Cl2F2. The molecule has 56 heavy (non-hydrogen) atoms. The van der Waals surface area contributed by atoms with E-state index in [1.165, 1.54) is 153 Å². The van der Waals surface area contributed by atoms with Crippen LogP contribution >= 0.6 is 23.2 Å². The fraction of sp³-hybridized carbons (Fsp3) is 0.615. The summed E-state index contributed by atoms with van der Waals surface area (Å²) < 4.78 is 26.9. The van der Waals surface area contributed by atoms with Crippen LogP contribution in [0, 0.1) is 82.7 Å². The molecule has 0 N–H and O–H groups in total. The minimum Gasteiger partial charge on any atom is -0.205 e. The third-order valence-corrected chi connectivity index (χ3v) is 14.5. The molecule has 0 unspecified atom stereocenters. The summed E-state index contributed by atoms with van der Waals surface area (Å²) in [5.74, 6) is 18.5. The lowest BCUT2D eigenvalue weighted by atomic mass is 9.68. The fourth-order valence-electron chi connectivity index (χ4n) is 10.4. The highest BCUT2D eigenvalue weighted by Gasteiger charge is 2.31. The molecule has 0 atom stereocenters. The molecule has 304 valence electrons. The predicted molar refractivity (Wildman–Crippen MR) is 236 cm³/mol. The van der Waals surface area contributed by atoms with Gasteiger partial charge < -0.3 is 0 Å². The first kappa shape index (κ1) is 44.6. The van der Waals surface area contributed by atoms with Crippen molar-refractivity contribution in [2.45, 2.75) is 155 Å². The van der Waals surface area contributed by atoms with Gasteiger partial charge in [-0.05, 0) is 173 Å². The molecular weight excluding hydrogens is 733 g/mol. The Morgan fingerprint density at radius 3 is 1.29 bits per heavy atom. The van der Waals surface area contributed by atoms with Crippen molar-refractivity contribution >= 4 is 23.2 Å². The van der Waals surface area contributed by atoms with Crippen LogP contribution < -0.4 is 0 Å². The zero-order valence-corrected chi connectivity index (χ0v) is 36.0. The van der Waals surface area contributed by atoms with Crippen LogP contribution in [0.4, 0.5) is 8.78 Å². The molecule has 0 amide bonds. The van der Waals surface area contributed by atoms with Gasteiger partial charge in [0.05, 0.1) is 10.0 Å². The van der Waals surface area contributed by atoms with Crippen LogP contribution in [0.3, 0.4) is 0 Å². The van der Waals surface area contributed by atoms with Crippen molar-refractivity contribution in [2.24, 2.45) is 47.3 Å². The highest BCUT2D eigenvalue weighted by atomic mass is 35.5. The molecule has 0 aromatic heterocycles. The van der Waals surface area contributed by atoms with Gasteiger partial charge in [0, 0.05) is 11.1 Å². The van der Waals surface area contributed by atoms with E-state index in [2.05, 4.69) is 49.7 Å². The van der Waals surface area contributed by atoms with E-state index in [-0.39, 0.29) is 10.0 Å². The van der Waals surface area contributed by atoms with Gasteiger partial charge in [-0.25, -0.2) is 8.78 Å². The zero-order chi connectivity index (χ0) is 39.5. The largest absolute Gasteiger partial charge is 0.205 e. The minimum atomic E-state index is -0.408. The van der Waals surface area contributed by atoms with Crippen LogP contribution in [-0.4, -0.2) is 0 Å². The summed E-state index contributed by atoms with van der Waals surface area (Å²) in [6.45, 7) is 4.62. The van der Waals surface area contributed by atoms with Gasteiger partial charge in [0.15, 0.2) is 0 Å². The second-order valence-corrected chi connectivity index (χ2v) is 18.5. The van der Waals surface area contributed by atoms with Gasteiger partial charge >= 0.3 is 0 Å². The van der Waals surface area contributed by atoms with Gasteiger partial charge in [0.1, 0.15) is 11.6 Å². The normalized spacial score (nSPS) is 28.1. The van der Waals surface area contributed by atoms with Gasteiger partial charge in [-0.3, -0.25) is 0 Å². The van der Waals surface area contributed by atoms with E-state index in [1.54, 1.807) is 24.3 Å². The first-order valence-electron chi connectivity index (χ1n) is 22.6. The molecule has 2 aromatic rings. The summed E-state index contributed by atoms with van der Waals surface area (Å²) >= 11 is 11.4. The van der Waals surface area contributed by atoms with Crippen molar-refractivity contribution in [1.82, 2.24) is 0 Å². The van der Waals surface area contributed by atoms with Gasteiger partial charge in [0.25, 0.3) is 0 Å². The van der Waals surface area contributed by atoms with Crippen LogP contribution in [0.15, 0.2) is 60.7 Å². The first-order chi connectivity index (χ1) is 27.3. The molecule has 0 nitrogen and oxygen atoms in total. The number of allylic oxidation sites excluding steroid dienone is 4. The fourth-order valence-corrected chi connectivity index (χ4v) is 10.6. The van der Waals surface area contributed by atoms with E-state index in [0.29, 0.717) is 23.0 Å². The zero-order valence-electron chi connectivity index (χ0n) is 34.5. The van der Waals surface area contributed by atoms with E-state index >= 15 is 0 Å². The third kappa shape index (κ3) is 15.0. The van der Waals surface area contributed by atoms with E-state index in [1.807, 2.05) is 12.2 Å². The highest BCUT2D eigenvalue weighted by Crippen LogP contribution is 2.44. The monoisotopic (exact) mass is 800 g/mol. The Hall–Kier alpha value is -2.52. The van der Waals surface area contributed by atoms with Gasteiger partial charge in [-0.15, -0.1) is 0 Å². The van der Waals surface area contributed by atoms with Gasteiger partial charge in [-0.1, -0.05) is 137 Å². The molecule has 4 aliphatic carbocycles. The average Bonchev–Trinajstić information content (AvgIpc) is 3.22. The number of rotatable bonds is 10. The summed E-state index contributed by atoms with van der Waals surface area (Å²) in [7, 11) is 0. The standard InChI is InChI=1S/C27H36ClF.C25H32ClF/c1-2-3-4-7-21-10-15-24(16-11-21)25-17-12-22(13-18-25)8-5-6-9-23-14-19-26(28)27(29)20-23;1-2-5-19-8-13-22(14-9-19)23-15-10-20(11-16-23)6-3-4-7-21-12-17-24(26)25(27)18-21/h5,8,14,19-22,24-25H,2-4,7,10-13,15-18H2,1H3;3,6,12,17-20,22-23H,2,5,8-11,13-16H2,1H3. The average molecular weight is 802 g/mol. The summed E-state index contributed by atoms with van der Waals surface area (Å²) in [5.41, 5.74) is 1.34. The molecule has 4 saturated carbocycles. The quantitative estimate of drug-likeness (QED) is 0.166. The molecule has 0 saturated heterocycles. The molecule has 4 heteroatoms. The maximum atomic E-state index is 13.4. The molecule has 0 aliphatic heterocycles. The second kappa shape index (κ2) is 24.4. The third-order valence-electron chi connectivity index (χ3n) is 13.8. The highest BCUT2D eigenvalue weighted by molar-refractivity contribution is 6.31. The Kier molecular flexibility index (Phi) is 19.4. The summed E-state index contributed by atoms with van der Waals surface area (Å²) in [6.07, 6.45) is 39.4. The van der Waals surface area contributed by atoms with Crippen molar-refractivity contribution in [3.8, 4) is 23.7 Å². The van der Waals surface area contributed by atoms with Crippen molar-refractivity contribution < 1.29 is 8.78 Å². The Morgan fingerprint density at radius 1 is 0.518 bits per heavy atom. The topological polar surface area (TPSA) is 0 Å². The summed E-state index contributed by atoms with van der Waals surface area (Å²) in [5, 5.41) is 0.291. The number of hydrogen-bond acceptors (Lipinski definition) is 0. The minimum absolute atomic E-state index is 0.145. The van der Waals surface area contributed by atoms with Crippen LogP contribution in [0.1, 0.15) is 166 Å². The van der Waals surface area contributed by atoms with Crippen LogP contribution in [0.2, 0.25) is 10.0 Å². The molecule has 0 heterocycles.